The lowest BCUT2D eigenvalue weighted by Crippen LogP contribution is -2.37. The maximum Gasteiger partial charge on any atom is 0.261 e. The van der Waals surface area contributed by atoms with Crippen LogP contribution in [0.15, 0.2) is 16.7 Å². The van der Waals surface area contributed by atoms with E-state index in [1.54, 1.807) is 0 Å². The molecule has 1 aromatic heterocycles. The predicted molar refractivity (Wildman–Crippen MR) is 82.2 cm³/mol. The maximum absolute atomic E-state index is 12.3. The average Bonchev–Trinajstić information content (AvgIpc) is 3.13. The average molecular weight is 313 g/mol. The molecule has 0 bridgehead atoms. The second-order valence-corrected chi connectivity index (χ2v) is 6.39. The summed E-state index contributed by atoms with van der Waals surface area (Å²) in [6, 6.07) is 4.09. The molecule has 1 aliphatic heterocycles. The van der Waals surface area contributed by atoms with Gasteiger partial charge in [0.2, 0.25) is 5.89 Å². The Labute approximate surface area is 134 Å². The van der Waals surface area contributed by atoms with E-state index in [1.165, 1.54) is 11.1 Å². The Bertz CT molecular complexity index is 733. The number of aryl methyl sites for hydroxylation is 2. The number of carbonyl (C=O) groups excluding carboxylic acids is 1. The Morgan fingerprint density at radius 3 is 2.87 bits per heavy atom. The highest BCUT2D eigenvalue weighted by Crippen LogP contribution is 2.38. The number of hydrogen-bond donors (Lipinski definition) is 1. The number of amides is 1. The number of nitrogens with zero attached hydrogens (tertiary/aromatic N) is 2. The van der Waals surface area contributed by atoms with Gasteiger partial charge in [-0.2, -0.15) is 4.98 Å². The van der Waals surface area contributed by atoms with Gasteiger partial charge in [-0.3, -0.25) is 4.79 Å². The highest BCUT2D eigenvalue weighted by molar-refractivity contribution is 5.82. The van der Waals surface area contributed by atoms with Gasteiger partial charge >= 0.3 is 0 Å². The van der Waals surface area contributed by atoms with Crippen LogP contribution in [0, 0.1) is 13.8 Å². The summed E-state index contributed by atoms with van der Waals surface area (Å²) < 4.78 is 10.9. The van der Waals surface area contributed by atoms with Crippen molar-refractivity contribution in [3.63, 3.8) is 0 Å². The Balaban J connectivity index is 1.36. The van der Waals surface area contributed by atoms with E-state index in [0.29, 0.717) is 18.2 Å². The van der Waals surface area contributed by atoms with Crippen molar-refractivity contribution < 1.29 is 14.1 Å². The zero-order valence-electron chi connectivity index (χ0n) is 13.3. The first-order chi connectivity index (χ1) is 11.1. The van der Waals surface area contributed by atoms with Gasteiger partial charge < -0.3 is 14.6 Å². The van der Waals surface area contributed by atoms with E-state index in [0.717, 1.165) is 30.0 Å². The molecule has 2 heterocycles. The van der Waals surface area contributed by atoms with Gasteiger partial charge in [0.1, 0.15) is 5.75 Å². The third-order valence-corrected chi connectivity index (χ3v) is 4.48. The van der Waals surface area contributed by atoms with E-state index in [1.807, 2.05) is 13.0 Å². The summed E-state index contributed by atoms with van der Waals surface area (Å²) in [4.78, 5) is 16.6. The number of benzene rings is 1. The second-order valence-electron chi connectivity index (χ2n) is 6.39. The molecule has 1 aromatic carbocycles. The summed E-state index contributed by atoms with van der Waals surface area (Å²) in [5.74, 6) is 2.30. The number of aromatic nitrogens is 2. The molecule has 0 spiro atoms. The van der Waals surface area contributed by atoms with Gasteiger partial charge in [-0.25, -0.2) is 0 Å². The van der Waals surface area contributed by atoms with Crippen LogP contribution in [0.4, 0.5) is 0 Å². The van der Waals surface area contributed by atoms with Gasteiger partial charge in [-0.15, -0.1) is 0 Å². The van der Waals surface area contributed by atoms with E-state index in [9.17, 15) is 4.79 Å². The smallest absolute Gasteiger partial charge is 0.261 e. The van der Waals surface area contributed by atoms with Crippen LogP contribution in [0.3, 0.4) is 0 Å². The topological polar surface area (TPSA) is 77.2 Å². The molecule has 1 saturated carbocycles. The van der Waals surface area contributed by atoms with Crippen LogP contribution >= 0.6 is 0 Å². The largest absolute Gasteiger partial charge is 0.480 e. The minimum atomic E-state index is -0.489. The Morgan fingerprint density at radius 1 is 1.30 bits per heavy atom. The molecule has 23 heavy (non-hydrogen) atoms. The lowest BCUT2D eigenvalue weighted by molar-refractivity contribution is -0.127. The first kappa shape index (κ1) is 14.2. The normalized spacial score (nSPS) is 19.3. The number of hydrogen-bond acceptors (Lipinski definition) is 5. The van der Waals surface area contributed by atoms with Gasteiger partial charge in [0.25, 0.3) is 5.91 Å². The molecular weight excluding hydrogens is 294 g/mol. The van der Waals surface area contributed by atoms with E-state index in [4.69, 9.17) is 9.26 Å². The van der Waals surface area contributed by atoms with Gasteiger partial charge in [0.05, 0.1) is 6.54 Å². The summed E-state index contributed by atoms with van der Waals surface area (Å²) in [5, 5.41) is 6.75. The van der Waals surface area contributed by atoms with Crippen LogP contribution in [0.1, 0.15) is 47.2 Å². The minimum Gasteiger partial charge on any atom is -0.480 e. The number of nitrogens with one attached hydrogen (secondary N) is 1. The number of fused-ring (bicyclic) bond motifs is 1. The molecule has 1 amide bonds. The van der Waals surface area contributed by atoms with Crippen LogP contribution in [0.2, 0.25) is 0 Å². The molecule has 1 aliphatic carbocycles. The Kier molecular flexibility index (Phi) is 3.32. The monoisotopic (exact) mass is 313 g/mol. The van der Waals surface area contributed by atoms with E-state index in [2.05, 4.69) is 28.4 Å². The number of carbonyl (C=O) groups is 1. The molecule has 0 radical (unpaired) electrons. The zero-order chi connectivity index (χ0) is 16.0. The maximum atomic E-state index is 12.3. The van der Waals surface area contributed by atoms with Crippen molar-refractivity contribution in [3.8, 4) is 5.75 Å². The van der Waals surface area contributed by atoms with Crippen molar-refractivity contribution >= 4 is 5.91 Å². The third kappa shape index (κ3) is 2.81. The van der Waals surface area contributed by atoms with Gasteiger partial charge in [-0.1, -0.05) is 11.2 Å². The summed E-state index contributed by atoms with van der Waals surface area (Å²) >= 11 is 0. The van der Waals surface area contributed by atoms with Crippen LogP contribution in [-0.4, -0.2) is 22.2 Å². The standard InChI is InChI=1S/C17H19N3O3/c1-9-5-12-7-14(22-13(12)6-10(9)2)17(21)18-8-15-19-16(20-23-15)11-3-4-11/h5-6,11,14H,3-4,7-8H2,1-2H3,(H,18,21)/t14-/m1/s1. The molecule has 6 nitrogen and oxygen atoms in total. The van der Waals surface area contributed by atoms with Crippen LogP contribution < -0.4 is 10.1 Å². The SMILES string of the molecule is Cc1cc2c(cc1C)O[C@@H](C(=O)NCc1nc(C3CC3)no1)C2. The third-order valence-electron chi connectivity index (χ3n) is 4.48. The van der Waals surface area contributed by atoms with E-state index in [-0.39, 0.29) is 12.5 Å². The molecule has 1 N–H and O–H groups in total. The van der Waals surface area contributed by atoms with E-state index < -0.39 is 6.10 Å². The van der Waals surface area contributed by atoms with Crippen molar-refractivity contribution in [1.82, 2.24) is 15.5 Å². The van der Waals surface area contributed by atoms with Gasteiger partial charge in [0, 0.05) is 12.3 Å². The Morgan fingerprint density at radius 2 is 2.09 bits per heavy atom. The molecule has 1 fully saturated rings. The molecule has 0 saturated heterocycles. The number of rotatable bonds is 4. The molecule has 2 aliphatic rings. The molecular formula is C17H19N3O3. The fourth-order valence-corrected chi connectivity index (χ4v) is 2.78. The second kappa shape index (κ2) is 5.37. The quantitative estimate of drug-likeness (QED) is 0.936. The fraction of sp³-hybridized carbons (Fsp3) is 0.471. The minimum absolute atomic E-state index is 0.150. The van der Waals surface area contributed by atoms with Crippen molar-refractivity contribution in [2.75, 3.05) is 0 Å². The summed E-state index contributed by atoms with van der Waals surface area (Å²) in [5.41, 5.74) is 3.47. The van der Waals surface area contributed by atoms with Crippen LogP contribution in [0.25, 0.3) is 0 Å². The first-order valence-corrected chi connectivity index (χ1v) is 7.97. The molecule has 0 unspecified atom stereocenters. The zero-order valence-corrected chi connectivity index (χ0v) is 13.3. The lowest BCUT2D eigenvalue weighted by atomic mass is 10.0. The fourth-order valence-electron chi connectivity index (χ4n) is 2.78. The lowest BCUT2D eigenvalue weighted by Gasteiger charge is -2.10. The molecule has 4 rings (SSSR count). The van der Waals surface area contributed by atoms with Crippen molar-refractivity contribution in [2.24, 2.45) is 0 Å². The van der Waals surface area contributed by atoms with Crippen molar-refractivity contribution in [1.29, 1.82) is 0 Å². The highest BCUT2D eigenvalue weighted by atomic mass is 16.5. The molecule has 1 atom stereocenters. The van der Waals surface area contributed by atoms with Crippen LogP contribution in [0.5, 0.6) is 5.75 Å². The highest BCUT2D eigenvalue weighted by Gasteiger charge is 2.31. The van der Waals surface area contributed by atoms with Gasteiger partial charge in [0.15, 0.2) is 11.9 Å². The van der Waals surface area contributed by atoms with E-state index >= 15 is 0 Å². The molecule has 2 aromatic rings. The number of ether oxygens (including phenoxy) is 1. The van der Waals surface area contributed by atoms with Gasteiger partial charge in [-0.05, 0) is 49.4 Å². The molecule has 120 valence electrons. The summed E-state index contributed by atoms with van der Waals surface area (Å²) in [7, 11) is 0. The summed E-state index contributed by atoms with van der Waals surface area (Å²) in [6.07, 6.45) is 2.35. The van der Waals surface area contributed by atoms with Crippen molar-refractivity contribution in [2.45, 2.75) is 51.7 Å². The first-order valence-electron chi connectivity index (χ1n) is 7.97. The predicted octanol–water partition coefficient (Wildman–Crippen LogP) is 2.18. The summed E-state index contributed by atoms with van der Waals surface area (Å²) in [6.45, 7) is 4.35. The molecule has 6 heteroatoms. The van der Waals surface area contributed by atoms with Crippen LogP contribution in [-0.2, 0) is 17.8 Å². The Hall–Kier alpha value is -2.37. The van der Waals surface area contributed by atoms with Crippen molar-refractivity contribution in [3.05, 3.63) is 40.5 Å².